The highest BCUT2D eigenvalue weighted by Crippen LogP contribution is 2.17. The number of anilines is 1. The molecule has 1 aliphatic rings. The minimum Gasteiger partial charge on any atom is -0.476 e. The molecule has 0 radical (unpaired) electrons. The molecule has 0 amide bonds. The molecular weight excluding hydrogens is 282 g/mol. The number of rotatable bonds is 6. The molecule has 122 valence electrons. The molecule has 0 aromatic carbocycles. The van der Waals surface area contributed by atoms with Crippen LogP contribution in [0, 0.1) is 0 Å². The second kappa shape index (κ2) is 7.02. The smallest absolute Gasteiger partial charge is 0.356 e. The number of hydrogen-bond donors (Lipinski definition) is 2. The summed E-state index contributed by atoms with van der Waals surface area (Å²) in [6.45, 7) is 12.6. The molecule has 1 aromatic rings. The van der Waals surface area contributed by atoms with Gasteiger partial charge in [-0.15, -0.1) is 0 Å². The maximum absolute atomic E-state index is 10.9. The lowest BCUT2D eigenvalue weighted by Gasteiger charge is -2.44. The maximum Gasteiger partial charge on any atom is 0.356 e. The molecule has 1 aliphatic heterocycles. The summed E-state index contributed by atoms with van der Waals surface area (Å²) in [6.07, 6.45) is 2.81. The van der Waals surface area contributed by atoms with Gasteiger partial charge in [0, 0.05) is 38.3 Å². The summed E-state index contributed by atoms with van der Waals surface area (Å²) in [6, 6.07) is 0. The molecule has 1 fully saturated rings. The van der Waals surface area contributed by atoms with Crippen LogP contribution in [0.15, 0.2) is 12.4 Å². The van der Waals surface area contributed by atoms with E-state index >= 15 is 0 Å². The summed E-state index contributed by atoms with van der Waals surface area (Å²) in [4.78, 5) is 23.8. The monoisotopic (exact) mass is 307 g/mol. The number of hydrogen-bond acceptors (Lipinski definition) is 6. The summed E-state index contributed by atoms with van der Waals surface area (Å²) < 4.78 is 0. The Morgan fingerprint density at radius 3 is 2.59 bits per heavy atom. The second-order valence-electron chi connectivity index (χ2n) is 6.18. The van der Waals surface area contributed by atoms with Gasteiger partial charge in [-0.2, -0.15) is 0 Å². The van der Waals surface area contributed by atoms with E-state index < -0.39 is 5.97 Å². The van der Waals surface area contributed by atoms with Gasteiger partial charge >= 0.3 is 5.97 Å². The Labute approximate surface area is 131 Å². The number of carboxylic acid groups (broad SMARTS) is 1. The number of piperazine rings is 1. The quantitative estimate of drug-likeness (QED) is 0.811. The molecule has 2 heterocycles. The summed E-state index contributed by atoms with van der Waals surface area (Å²) in [5.74, 6) is -0.564. The zero-order chi connectivity index (χ0) is 16.2. The molecule has 7 nitrogen and oxygen atoms in total. The molecule has 7 heteroatoms. The minimum absolute atomic E-state index is 0.0270. The fourth-order valence-electron chi connectivity index (χ4n) is 2.64. The number of aromatic carboxylic acids is 1. The van der Waals surface area contributed by atoms with Gasteiger partial charge in [-0.3, -0.25) is 9.88 Å². The van der Waals surface area contributed by atoms with E-state index in [9.17, 15) is 4.79 Å². The molecule has 2 rings (SSSR count). The number of carboxylic acids is 1. The SMILES string of the molecule is CCN1CCN(C(C)(C)CNc2cncc(C(=O)O)n2)CC1. The van der Waals surface area contributed by atoms with Crippen molar-refractivity contribution in [2.24, 2.45) is 0 Å². The van der Waals surface area contributed by atoms with Crippen LogP contribution in [-0.2, 0) is 0 Å². The highest BCUT2D eigenvalue weighted by molar-refractivity contribution is 5.85. The molecule has 0 saturated carbocycles. The summed E-state index contributed by atoms with van der Waals surface area (Å²) in [7, 11) is 0. The molecule has 1 saturated heterocycles. The van der Waals surface area contributed by atoms with Gasteiger partial charge < -0.3 is 15.3 Å². The molecule has 0 atom stereocenters. The first-order chi connectivity index (χ1) is 10.4. The van der Waals surface area contributed by atoms with Crippen molar-refractivity contribution in [2.45, 2.75) is 26.3 Å². The number of aromatic nitrogens is 2. The predicted molar refractivity (Wildman–Crippen MR) is 85.2 cm³/mol. The van der Waals surface area contributed by atoms with E-state index in [1.165, 1.54) is 6.20 Å². The van der Waals surface area contributed by atoms with Crippen LogP contribution >= 0.6 is 0 Å². The summed E-state index contributed by atoms with van der Waals surface area (Å²) in [5, 5.41) is 12.2. The third-order valence-electron chi connectivity index (χ3n) is 4.23. The standard InChI is InChI=1S/C15H25N5O2/c1-4-19-5-7-20(8-6-19)15(2,3)11-17-13-10-16-9-12(18-13)14(21)22/h9-10H,4-8,11H2,1-3H3,(H,17,18)(H,21,22). The average molecular weight is 307 g/mol. The van der Waals surface area contributed by atoms with Gasteiger partial charge in [0.05, 0.1) is 12.4 Å². The van der Waals surface area contributed by atoms with E-state index in [1.807, 2.05) is 0 Å². The average Bonchev–Trinajstić information content (AvgIpc) is 2.53. The largest absolute Gasteiger partial charge is 0.476 e. The lowest BCUT2D eigenvalue weighted by molar-refractivity contribution is 0.0614. The zero-order valence-electron chi connectivity index (χ0n) is 13.5. The first kappa shape index (κ1) is 16.6. The van der Waals surface area contributed by atoms with Crippen molar-refractivity contribution in [3.63, 3.8) is 0 Å². The number of nitrogens with one attached hydrogen (secondary N) is 1. The van der Waals surface area contributed by atoms with Crippen molar-refractivity contribution >= 4 is 11.8 Å². The van der Waals surface area contributed by atoms with Crippen LogP contribution in [0.4, 0.5) is 5.82 Å². The van der Waals surface area contributed by atoms with Crippen LogP contribution in [0.2, 0.25) is 0 Å². The van der Waals surface area contributed by atoms with Crippen molar-refractivity contribution in [2.75, 3.05) is 44.6 Å². The Hall–Kier alpha value is -1.73. The van der Waals surface area contributed by atoms with Gasteiger partial charge in [-0.25, -0.2) is 9.78 Å². The minimum atomic E-state index is -1.06. The molecular formula is C15H25N5O2. The van der Waals surface area contributed by atoms with E-state index in [-0.39, 0.29) is 11.2 Å². The van der Waals surface area contributed by atoms with Crippen LogP contribution < -0.4 is 5.32 Å². The van der Waals surface area contributed by atoms with Gasteiger partial charge in [0.15, 0.2) is 5.69 Å². The fraction of sp³-hybridized carbons (Fsp3) is 0.667. The Balaban J connectivity index is 1.92. The normalized spacial score (nSPS) is 17.4. The van der Waals surface area contributed by atoms with Crippen molar-refractivity contribution in [1.82, 2.24) is 19.8 Å². The topological polar surface area (TPSA) is 81.6 Å². The lowest BCUT2D eigenvalue weighted by Crippen LogP contribution is -2.57. The Bertz CT molecular complexity index is 512. The van der Waals surface area contributed by atoms with E-state index in [0.717, 1.165) is 32.7 Å². The Kier molecular flexibility index (Phi) is 5.31. The van der Waals surface area contributed by atoms with Gasteiger partial charge in [0.1, 0.15) is 5.82 Å². The number of likely N-dealkylation sites (N-methyl/N-ethyl adjacent to an activating group) is 1. The van der Waals surface area contributed by atoms with Gasteiger partial charge in [-0.05, 0) is 20.4 Å². The fourth-order valence-corrected chi connectivity index (χ4v) is 2.64. The molecule has 0 unspecified atom stereocenters. The highest BCUT2D eigenvalue weighted by atomic mass is 16.4. The predicted octanol–water partition coefficient (Wildman–Crippen LogP) is 1.00. The highest BCUT2D eigenvalue weighted by Gasteiger charge is 2.29. The first-order valence-corrected chi connectivity index (χ1v) is 7.69. The van der Waals surface area contributed by atoms with Crippen LogP contribution in [0.5, 0.6) is 0 Å². The summed E-state index contributed by atoms with van der Waals surface area (Å²) >= 11 is 0. The lowest BCUT2D eigenvalue weighted by atomic mass is 10.0. The number of carbonyl (C=O) groups is 1. The Morgan fingerprint density at radius 2 is 2.00 bits per heavy atom. The second-order valence-corrected chi connectivity index (χ2v) is 6.18. The first-order valence-electron chi connectivity index (χ1n) is 7.69. The molecule has 1 aromatic heterocycles. The van der Waals surface area contributed by atoms with Crippen molar-refractivity contribution in [1.29, 1.82) is 0 Å². The molecule has 22 heavy (non-hydrogen) atoms. The third-order valence-corrected chi connectivity index (χ3v) is 4.23. The van der Waals surface area contributed by atoms with Gasteiger partial charge in [0.2, 0.25) is 0 Å². The van der Waals surface area contributed by atoms with Crippen LogP contribution in [-0.4, -0.2) is 75.7 Å². The zero-order valence-corrected chi connectivity index (χ0v) is 13.5. The maximum atomic E-state index is 10.9. The van der Waals surface area contributed by atoms with Crippen LogP contribution in [0.3, 0.4) is 0 Å². The van der Waals surface area contributed by atoms with Crippen molar-refractivity contribution < 1.29 is 9.90 Å². The van der Waals surface area contributed by atoms with Crippen molar-refractivity contribution in [3.05, 3.63) is 18.1 Å². The third kappa shape index (κ3) is 4.14. The van der Waals surface area contributed by atoms with E-state index in [0.29, 0.717) is 12.4 Å². The van der Waals surface area contributed by atoms with E-state index in [4.69, 9.17) is 5.11 Å². The molecule has 2 N–H and O–H groups in total. The van der Waals surface area contributed by atoms with E-state index in [2.05, 4.69) is 45.9 Å². The van der Waals surface area contributed by atoms with E-state index in [1.54, 1.807) is 6.20 Å². The van der Waals surface area contributed by atoms with Gasteiger partial charge in [-0.1, -0.05) is 6.92 Å². The number of nitrogens with zero attached hydrogens (tertiary/aromatic N) is 4. The molecule has 0 aliphatic carbocycles. The van der Waals surface area contributed by atoms with Crippen molar-refractivity contribution in [3.8, 4) is 0 Å². The van der Waals surface area contributed by atoms with Crippen LogP contribution in [0.25, 0.3) is 0 Å². The summed E-state index contributed by atoms with van der Waals surface area (Å²) in [5.41, 5.74) is -0.0693. The van der Waals surface area contributed by atoms with Crippen LogP contribution in [0.1, 0.15) is 31.3 Å². The Morgan fingerprint density at radius 1 is 1.32 bits per heavy atom. The molecule has 0 bridgehead atoms. The van der Waals surface area contributed by atoms with Gasteiger partial charge in [0.25, 0.3) is 0 Å². The molecule has 0 spiro atoms.